The van der Waals surface area contributed by atoms with Crippen LogP contribution in [0.2, 0.25) is 0 Å². The molecule has 0 aliphatic rings. The standard InChI is InChI=1S/C9H5FN2O3/c10-5-1-2-6(11-3-5)8-12-7(4-15-8)9(13)14/h1-4H,(H,13,14). The van der Waals surface area contributed by atoms with Crippen molar-refractivity contribution in [1.29, 1.82) is 0 Å². The minimum absolute atomic E-state index is 0.0485. The number of hydrogen-bond acceptors (Lipinski definition) is 4. The van der Waals surface area contributed by atoms with E-state index in [9.17, 15) is 9.18 Å². The van der Waals surface area contributed by atoms with Crippen molar-refractivity contribution in [3.63, 3.8) is 0 Å². The molecule has 76 valence electrons. The topological polar surface area (TPSA) is 76.2 Å². The minimum atomic E-state index is -1.19. The van der Waals surface area contributed by atoms with Crippen LogP contribution in [-0.2, 0) is 0 Å². The molecular formula is C9H5FN2O3. The molecule has 0 aromatic carbocycles. The SMILES string of the molecule is O=C(O)c1coc(-c2ccc(F)cn2)n1. The number of carboxylic acids is 1. The number of rotatable bonds is 2. The van der Waals surface area contributed by atoms with E-state index in [0.29, 0.717) is 0 Å². The molecule has 2 rings (SSSR count). The summed E-state index contributed by atoms with van der Waals surface area (Å²) in [6.45, 7) is 0. The Morgan fingerprint density at radius 2 is 2.27 bits per heavy atom. The molecule has 15 heavy (non-hydrogen) atoms. The van der Waals surface area contributed by atoms with Gasteiger partial charge in [0.1, 0.15) is 17.8 Å². The second-order valence-corrected chi connectivity index (χ2v) is 2.70. The summed E-state index contributed by atoms with van der Waals surface area (Å²) >= 11 is 0. The highest BCUT2D eigenvalue weighted by atomic mass is 19.1. The summed E-state index contributed by atoms with van der Waals surface area (Å²) in [4.78, 5) is 17.9. The van der Waals surface area contributed by atoms with Gasteiger partial charge in [0.15, 0.2) is 5.69 Å². The van der Waals surface area contributed by atoms with E-state index < -0.39 is 11.8 Å². The molecule has 0 aliphatic heterocycles. The molecule has 1 N–H and O–H groups in total. The third kappa shape index (κ3) is 1.83. The molecule has 0 radical (unpaired) electrons. The maximum Gasteiger partial charge on any atom is 0.357 e. The van der Waals surface area contributed by atoms with Crippen LogP contribution in [0.25, 0.3) is 11.6 Å². The number of pyridine rings is 1. The van der Waals surface area contributed by atoms with Gasteiger partial charge in [0.05, 0.1) is 6.20 Å². The lowest BCUT2D eigenvalue weighted by molar-refractivity contribution is 0.0690. The number of aromatic carboxylic acids is 1. The molecule has 0 saturated carbocycles. The predicted octanol–water partition coefficient (Wildman–Crippen LogP) is 1.57. The Labute approximate surface area is 83.2 Å². The monoisotopic (exact) mass is 208 g/mol. The van der Waals surface area contributed by atoms with Gasteiger partial charge in [0.2, 0.25) is 5.89 Å². The lowest BCUT2D eigenvalue weighted by atomic mass is 10.3. The first-order chi connectivity index (χ1) is 7.16. The van der Waals surface area contributed by atoms with E-state index in [1.54, 1.807) is 0 Å². The van der Waals surface area contributed by atoms with E-state index in [0.717, 1.165) is 12.5 Å². The zero-order valence-electron chi connectivity index (χ0n) is 7.35. The second kappa shape index (κ2) is 3.49. The van der Waals surface area contributed by atoms with Crippen LogP contribution in [0, 0.1) is 5.82 Å². The van der Waals surface area contributed by atoms with Gasteiger partial charge in [-0.1, -0.05) is 0 Å². The molecule has 0 fully saturated rings. The maximum atomic E-state index is 12.5. The Kier molecular flexibility index (Phi) is 2.17. The van der Waals surface area contributed by atoms with Crippen LogP contribution in [-0.4, -0.2) is 21.0 Å². The number of oxazole rings is 1. The summed E-state index contributed by atoms with van der Waals surface area (Å²) in [5.41, 5.74) is 0.0695. The Hall–Kier alpha value is -2.24. The van der Waals surface area contributed by atoms with Gasteiger partial charge in [0.25, 0.3) is 0 Å². The van der Waals surface area contributed by atoms with Crippen LogP contribution in [0.4, 0.5) is 4.39 Å². The van der Waals surface area contributed by atoms with Crippen molar-refractivity contribution in [2.45, 2.75) is 0 Å². The molecule has 0 amide bonds. The molecular weight excluding hydrogens is 203 g/mol. The minimum Gasteiger partial charge on any atom is -0.476 e. The van der Waals surface area contributed by atoms with Crippen molar-refractivity contribution >= 4 is 5.97 Å². The number of aromatic nitrogens is 2. The van der Waals surface area contributed by atoms with Gasteiger partial charge in [-0.15, -0.1) is 0 Å². The highest BCUT2D eigenvalue weighted by Crippen LogP contribution is 2.15. The lowest BCUT2D eigenvalue weighted by Crippen LogP contribution is -1.95. The van der Waals surface area contributed by atoms with Gasteiger partial charge in [-0.05, 0) is 12.1 Å². The van der Waals surface area contributed by atoms with Gasteiger partial charge in [-0.2, -0.15) is 0 Å². The zero-order valence-corrected chi connectivity index (χ0v) is 7.35. The van der Waals surface area contributed by atoms with E-state index in [1.165, 1.54) is 12.1 Å². The molecule has 0 saturated heterocycles. The van der Waals surface area contributed by atoms with Crippen LogP contribution < -0.4 is 0 Å². The normalized spacial score (nSPS) is 10.2. The molecule has 0 aliphatic carbocycles. The van der Waals surface area contributed by atoms with Gasteiger partial charge in [-0.25, -0.2) is 19.2 Å². The van der Waals surface area contributed by atoms with Gasteiger partial charge >= 0.3 is 5.97 Å². The molecule has 6 heteroatoms. The Morgan fingerprint density at radius 1 is 1.47 bits per heavy atom. The first kappa shape index (κ1) is 9.32. The zero-order chi connectivity index (χ0) is 10.8. The molecule has 2 heterocycles. The van der Waals surface area contributed by atoms with E-state index in [4.69, 9.17) is 9.52 Å². The van der Waals surface area contributed by atoms with Crippen LogP contribution in [0.5, 0.6) is 0 Å². The number of hydrogen-bond donors (Lipinski definition) is 1. The van der Waals surface area contributed by atoms with Crippen LogP contribution in [0.1, 0.15) is 10.5 Å². The van der Waals surface area contributed by atoms with Crippen molar-refractivity contribution in [3.8, 4) is 11.6 Å². The highest BCUT2D eigenvalue weighted by Gasteiger charge is 2.12. The molecule has 5 nitrogen and oxygen atoms in total. The summed E-state index contributed by atoms with van der Waals surface area (Å²) < 4.78 is 17.4. The summed E-state index contributed by atoms with van der Waals surface area (Å²) in [7, 11) is 0. The quantitative estimate of drug-likeness (QED) is 0.810. The largest absolute Gasteiger partial charge is 0.476 e. The van der Waals surface area contributed by atoms with Crippen LogP contribution in [0.3, 0.4) is 0 Å². The van der Waals surface area contributed by atoms with E-state index in [-0.39, 0.29) is 17.3 Å². The Morgan fingerprint density at radius 3 is 2.80 bits per heavy atom. The first-order valence-corrected chi connectivity index (χ1v) is 3.97. The maximum absolute atomic E-state index is 12.5. The third-order valence-corrected chi connectivity index (χ3v) is 1.67. The average Bonchev–Trinajstić information content (AvgIpc) is 2.68. The Balaban J connectivity index is 2.37. The highest BCUT2D eigenvalue weighted by molar-refractivity contribution is 5.85. The fraction of sp³-hybridized carbons (Fsp3) is 0. The van der Waals surface area contributed by atoms with Gasteiger partial charge in [0, 0.05) is 0 Å². The smallest absolute Gasteiger partial charge is 0.357 e. The summed E-state index contributed by atoms with van der Waals surface area (Å²) in [5.74, 6) is -1.62. The molecule has 0 atom stereocenters. The fourth-order valence-corrected chi connectivity index (χ4v) is 0.992. The summed E-state index contributed by atoms with van der Waals surface area (Å²) in [6, 6.07) is 2.54. The Bertz CT molecular complexity index is 492. The molecule has 2 aromatic heterocycles. The second-order valence-electron chi connectivity index (χ2n) is 2.70. The van der Waals surface area contributed by atoms with E-state index in [2.05, 4.69) is 9.97 Å². The first-order valence-electron chi connectivity index (χ1n) is 3.97. The van der Waals surface area contributed by atoms with Crippen molar-refractivity contribution in [3.05, 3.63) is 36.1 Å². The molecule has 0 bridgehead atoms. The number of carbonyl (C=O) groups is 1. The summed E-state index contributed by atoms with van der Waals surface area (Å²) in [6.07, 6.45) is 2.00. The van der Waals surface area contributed by atoms with Crippen molar-refractivity contribution in [2.75, 3.05) is 0 Å². The molecule has 0 spiro atoms. The fourth-order valence-electron chi connectivity index (χ4n) is 0.992. The number of carboxylic acid groups (broad SMARTS) is 1. The van der Waals surface area contributed by atoms with Crippen molar-refractivity contribution in [1.82, 2.24) is 9.97 Å². The van der Waals surface area contributed by atoms with Crippen LogP contribution in [0.15, 0.2) is 29.0 Å². The van der Waals surface area contributed by atoms with E-state index in [1.807, 2.05) is 0 Å². The number of nitrogens with zero attached hydrogens (tertiary/aromatic N) is 2. The van der Waals surface area contributed by atoms with E-state index >= 15 is 0 Å². The summed E-state index contributed by atoms with van der Waals surface area (Å²) in [5, 5.41) is 8.59. The lowest BCUT2D eigenvalue weighted by Gasteiger charge is -1.92. The van der Waals surface area contributed by atoms with Gasteiger partial charge < -0.3 is 9.52 Å². The average molecular weight is 208 g/mol. The third-order valence-electron chi connectivity index (χ3n) is 1.67. The number of halogens is 1. The predicted molar refractivity (Wildman–Crippen MR) is 46.7 cm³/mol. The van der Waals surface area contributed by atoms with Gasteiger partial charge in [-0.3, -0.25) is 0 Å². The molecule has 2 aromatic rings. The van der Waals surface area contributed by atoms with Crippen molar-refractivity contribution in [2.24, 2.45) is 0 Å². The molecule has 0 unspecified atom stereocenters. The van der Waals surface area contributed by atoms with Crippen molar-refractivity contribution < 1.29 is 18.7 Å². The van der Waals surface area contributed by atoms with Crippen LogP contribution >= 0.6 is 0 Å².